The molecule has 28 N–H and O–H groups in total. The second-order valence-corrected chi connectivity index (χ2v) is 36.1. The van der Waals surface area contributed by atoms with Gasteiger partial charge in [-0.05, 0) is 137 Å². The van der Waals surface area contributed by atoms with Crippen molar-refractivity contribution in [1.82, 2.24) is 0 Å². The van der Waals surface area contributed by atoms with E-state index in [1.807, 2.05) is 0 Å². The molecule has 0 saturated carbocycles. The van der Waals surface area contributed by atoms with Gasteiger partial charge in [0, 0.05) is 195 Å². The molecule has 0 bridgehead atoms. The number of benzene rings is 14. The Labute approximate surface area is 790 Å². The molecule has 35 nitrogen and oxygen atoms in total. The molecule has 0 amide bonds. The van der Waals surface area contributed by atoms with Crippen molar-refractivity contribution in [1.29, 1.82) is 0 Å². The minimum atomic E-state index is -1.68. The highest BCUT2D eigenvalue weighted by Gasteiger charge is 2.52. The number of phenols is 28. The van der Waals surface area contributed by atoms with Crippen molar-refractivity contribution >= 4 is 0 Å². The molecule has 0 unspecified atom stereocenters. The summed E-state index contributed by atoms with van der Waals surface area (Å²) < 4.78 is 48.8. The lowest BCUT2D eigenvalue weighted by Gasteiger charge is -2.42. The summed E-state index contributed by atoms with van der Waals surface area (Å²) in [4.78, 5) is 0. The minimum Gasteiger partial charge on any atom is -0.508 e. The number of rotatable bonds is 13. The molecule has 7 heterocycles. The van der Waals surface area contributed by atoms with Crippen LogP contribution in [0.5, 0.6) is 201 Å². The molecular formula is C105H86O35. The molecular weight excluding hydrogens is 1820 g/mol. The number of phenolic OH excluding ortho intramolecular Hbond substituents is 28. The lowest BCUT2D eigenvalue weighted by molar-refractivity contribution is 0.139. The van der Waals surface area contributed by atoms with Crippen molar-refractivity contribution in [2.24, 2.45) is 0 Å². The molecule has 716 valence electrons. The van der Waals surface area contributed by atoms with Crippen molar-refractivity contribution < 1.29 is 176 Å². The predicted octanol–water partition coefficient (Wildman–Crippen LogP) is 17.4. The van der Waals surface area contributed by atoms with Crippen LogP contribution in [0, 0.1) is 0 Å². The number of hydrogen-bond acceptors (Lipinski definition) is 35. The molecule has 21 rings (SSSR count). The predicted molar refractivity (Wildman–Crippen MR) is 487 cm³/mol. The molecule has 35 heteroatoms. The first-order chi connectivity index (χ1) is 66.9. The molecule has 14 aromatic rings. The van der Waals surface area contributed by atoms with Crippen LogP contribution in [0.15, 0.2) is 176 Å². The van der Waals surface area contributed by atoms with Crippen LogP contribution in [0.4, 0.5) is 0 Å². The maximum Gasteiger partial charge on any atom is 0.157 e. The van der Waals surface area contributed by atoms with Gasteiger partial charge in [0.05, 0.1) is 0 Å². The van der Waals surface area contributed by atoms with Crippen LogP contribution in [0.2, 0.25) is 0 Å². The molecule has 0 spiro atoms. The molecule has 7 aliphatic rings. The van der Waals surface area contributed by atoms with Gasteiger partial charge in [0.15, 0.2) is 80.5 Å². The third kappa shape index (κ3) is 14.6. The van der Waals surface area contributed by atoms with E-state index in [2.05, 4.69) is 0 Å². The number of aromatic hydroxyl groups is 28. The molecule has 7 aliphatic heterocycles. The minimum absolute atomic E-state index is 0.0333. The van der Waals surface area contributed by atoms with Crippen LogP contribution in [-0.4, -0.2) is 143 Å². The van der Waals surface area contributed by atoms with Crippen LogP contribution in [0.3, 0.4) is 0 Å². The zero-order valence-corrected chi connectivity index (χ0v) is 72.8. The van der Waals surface area contributed by atoms with Gasteiger partial charge in [0.1, 0.15) is 163 Å². The summed E-state index contributed by atoms with van der Waals surface area (Å²) in [6.07, 6.45) is -11.6. The zero-order chi connectivity index (χ0) is 98.4. The monoisotopic (exact) mass is 1910 g/mol. The van der Waals surface area contributed by atoms with E-state index in [-0.39, 0.29) is 154 Å². The van der Waals surface area contributed by atoms with E-state index >= 15 is 0 Å². The van der Waals surface area contributed by atoms with E-state index in [0.717, 1.165) is 97.1 Å². The molecule has 0 aromatic heterocycles. The van der Waals surface area contributed by atoms with E-state index in [4.69, 9.17) is 33.2 Å². The Hall–Kier alpha value is -17.9. The lowest BCUT2D eigenvalue weighted by atomic mass is 9.72. The fourth-order valence-electron chi connectivity index (χ4n) is 21.6. The summed E-state index contributed by atoms with van der Waals surface area (Å²) in [6, 6.07) is 33.9. The summed E-state index contributed by atoms with van der Waals surface area (Å²) in [5.41, 5.74) is -1.93. The molecule has 0 radical (unpaired) electrons. The number of hydrogen-bond donors (Lipinski definition) is 28. The molecule has 13 atom stereocenters. The van der Waals surface area contributed by atoms with Crippen molar-refractivity contribution in [3.05, 3.63) is 287 Å². The molecule has 140 heavy (non-hydrogen) atoms. The fraction of sp³-hybridized carbons (Fsp3) is 0.200. The van der Waals surface area contributed by atoms with Crippen molar-refractivity contribution in [2.75, 3.05) is 0 Å². The van der Waals surface area contributed by atoms with Gasteiger partial charge in [-0.3, -0.25) is 0 Å². The summed E-state index contributed by atoms with van der Waals surface area (Å²) >= 11 is 0. The maximum absolute atomic E-state index is 13.3. The highest BCUT2D eigenvalue weighted by atomic mass is 16.5. The molecule has 0 saturated heterocycles. The van der Waals surface area contributed by atoms with E-state index in [1.165, 1.54) is 78.9 Å². The highest BCUT2D eigenvalue weighted by Crippen LogP contribution is 2.70. The van der Waals surface area contributed by atoms with Crippen molar-refractivity contribution in [3.8, 4) is 201 Å². The van der Waals surface area contributed by atoms with Crippen LogP contribution in [-0.2, 0) is 6.42 Å². The SMILES string of the molecule is Oc1cc(O)c2c(c1)O[C@H](c1ccc(O)c(O)c1)C[C@H]2c1c(O)cc(O)c2c1O[C@H](c1ccc(O)c(O)c1)C[C@H]2c1c(O)cc(O)c2c1O[C@H](c1ccc(O)c(O)c1)C[C@H]2c1c(O)cc(O)c2c1O[C@H](c1ccc(O)c(O)c1)C[C@H]2c1c(O)cc(O)c2c1O[C@H](c1ccc(O)c(O)c1)C[C@H]2c1c(O)cc(O)c2c1O[C@H](c1ccc(O)c(O)c1)C[C@H]2c1c(O)cc(O)c2c1O[C@H](c1ccc(O)c(O)c1)CC2. The van der Waals surface area contributed by atoms with E-state index < -0.39 is 282 Å². The zero-order valence-electron chi connectivity index (χ0n) is 72.8. The van der Waals surface area contributed by atoms with E-state index in [9.17, 15) is 143 Å². The molecule has 0 fully saturated rings. The smallest absolute Gasteiger partial charge is 0.157 e. The number of ether oxygens (including phenoxy) is 7. The standard InChI is InChI=1S/C105H86O35/c106-45-24-68(122)88-47(26-81(134-87(88)25-45)39-2-10-54(108)62(116)18-39)90-70(124)33-72(126)92-49(28-83(136-101(90)92)41-4-12-56(110)64(118)20-41)94-74(128)35-76(130)96-51(30-85(138-103(94)96)43-6-14-58(112)66(120)22-43)98-78(132)37-79(133)99-52(31-86(140-105(98)99)44-7-15-59(113)67(121)23-44)97-77(131)36-75(129)95-50(29-84(139-104(95)97)42-5-13-57(111)65(119)21-42)93-73(127)34-71(125)91-48(27-82(137-102(91)93)40-3-11-55(109)63(117)19-40)89-69(123)32-60(114)46-8-16-80(135-100(46)89)38-1-9-53(107)61(115)17-38/h1-7,9-15,17-25,32-37,47-52,80-86,106-133H,8,16,26-31H2/t47-,48+,49-,50+,51-,52+,80+,81+,82+,83+,84+,85+,86+/m1/s1. The Balaban J connectivity index is 0.782. The number of fused-ring (bicyclic) bond motifs is 7. The molecule has 14 aromatic carbocycles. The first kappa shape index (κ1) is 88.7. The lowest BCUT2D eigenvalue weighted by Crippen LogP contribution is -2.28. The first-order valence-electron chi connectivity index (χ1n) is 44.3. The van der Waals surface area contributed by atoms with Gasteiger partial charge in [-0.1, -0.05) is 42.5 Å². The van der Waals surface area contributed by atoms with Crippen molar-refractivity contribution in [3.63, 3.8) is 0 Å². The van der Waals surface area contributed by atoms with Crippen molar-refractivity contribution in [2.45, 2.75) is 130 Å². The Morgan fingerprint density at radius 2 is 0.343 bits per heavy atom. The normalized spacial score (nSPS) is 21.3. The average molecular weight is 1910 g/mol. The third-order valence-electron chi connectivity index (χ3n) is 28.0. The van der Waals surface area contributed by atoms with Gasteiger partial charge in [0.25, 0.3) is 0 Å². The van der Waals surface area contributed by atoms with E-state index in [1.54, 1.807) is 0 Å². The van der Waals surface area contributed by atoms with Gasteiger partial charge < -0.3 is 176 Å². The highest BCUT2D eigenvalue weighted by molar-refractivity contribution is 5.77. The van der Waals surface area contributed by atoms with Gasteiger partial charge in [0.2, 0.25) is 0 Å². The first-order valence-corrected chi connectivity index (χ1v) is 44.3. The fourth-order valence-corrected chi connectivity index (χ4v) is 21.6. The summed E-state index contributed by atoms with van der Waals surface area (Å²) in [5.74, 6) is -29.8. The van der Waals surface area contributed by atoms with Gasteiger partial charge >= 0.3 is 0 Å². The molecule has 0 aliphatic carbocycles. The van der Waals surface area contributed by atoms with Gasteiger partial charge in [-0.15, -0.1) is 0 Å². The van der Waals surface area contributed by atoms with Crippen LogP contribution >= 0.6 is 0 Å². The third-order valence-corrected chi connectivity index (χ3v) is 28.0. The summed E-state index contributed by atoms with van der Waals surface area (Å²) in [5, 5.41) is 332. The van der Waals surface area contributed by atoms with Crippen LogP contribution in [0.1, 0.15) is 234 Å². The topological polar surface area (TPSA) is 631 Å². The van der Waals surface area contributed by atoms with Gasteiger partial charge in [-0.25, -0.2) is 0 Å². The Morgan fingerprint density at radius 1 is 0.157 bits per heavy atom. The largest absolute Gasteiger partial charge is 0.508 e. The average Bonchev–Trinajstić information content (AvgIpc) is 0.710. The summed E-state index contributed by atoms with van der Waals surface area (Å²) in [7, 11) is 0. The Morgan fingerprint density at radius 3 is 0.571 bits per heavy atom. The van der Waals surface area contributed by atoms with Crippen LogP contribution in [0.25, 0.3) is 0 Å². The van der Waals surface area contributed by atoms with Gasteiger partial charge in [-0.2, -0.15) is 0 Å². The summed E-state index contributed by atoms with van der Waals surface area (Å²) in [6.45, 7) is 0. The quantitative estimate of drug-likeness (QED) is 0.0477. The Kier molecular flexibility index (Phi) is 20.9. The maximum atomic E-state index is 13.3. The van der Waals surface area contributed by atoms with Crippen LogP contribution < -0.4 is 33.2 Å². The van der Waals surface area contributed by atoms with E-state index in [0.29, 0.717) is 5.56 Å². The second kappa shape index (κ2) is 33.0. The Bertz CT molecular complexity index is 7560. The second-order valence-electron chi connectivity index (χ2n) is 36.1.